The number of unbranched alkanes of at least 4 members (excludes halogenated alkanes) is 8. The maximum atomic E-state index is 10.8. The summed E-state index contributed by atoms with van der Waals surface area (Å²) in [7, 11) is 0. The Bertz CT molecular complexity index is 342. The number of Topliss-reactive ketones (excluding diaryl/α,β-unsaturated/α-hetero) is 4. The van der Waals surface area contributed by atoms with Crippen LogP contribution in [0.15, 0.2) is 0 Å². The van der Waals surface area contributed by atoms with E-state index in [0.717, 1.165) is 25.7 Å². The minimum Gasteiger partial charge on any atom is -0.291 e. The van der Waals surface area contributed by atoms with E-state index in [2.05, 4.69) is 13.8 Å². The van der Waals surface area contributed by atoms with Gasteiger partial charge in [0.15, 0.2) is 23.1 Å². The number of ketones is 4. The van der Waals surface area contributed by atoms with E-state index in [1.807, 2.05) is 0 Å². The van der Waals surface area contributed by atoms with Gasteiger partial charge in [-0.2, -0.15) is 0 Å². The Labute approximate surface area is 164 Å². The largest absolute Gasteiger partial charge is 0.291 e. The van der Waals surface area contributed by atoms with Gasteiger partial charge in [-0.15, -0.1) is 0 Å². The third-order valence-corrected chi connectivity index (χ3v) is 3.80. The Morgan fingerprint density at radius 2 is 0.800 bits per heavy atom. The van der Waals surface area contributed by atoms with Gasteiger partial charge < -0.3 is 0 Å². The molecule has 0 aromatic carbocycles. The summed E-state index contributed by atoms with van der Waals surface area (Å²) in [6.07, 6.45) is 12.0. The standard InChI is InChI=1S/2C10H18O2.Co/c2*1-3-4-5-6-7-8-10(12)9(2)11;/h2*3-8H2,1-2H3;. The molecule has 4 nitrogen and oxygen atoms in total. The minimum absolute atomic E-state index is 0. The second-order valence-corrected chi connectivity index (χ2v) is 6.29. The van der Waals surface area contributed by atoms with E-state index in [-0.39, 0.29) is 39.9 Å². The molecule has 5 heteroatoms. The van der Waals surface area contributed by atoms with Crippen molar-refractivity contribution in [2.24, 2.45) is 0 Å². The first kappa shape index (κ1) is 29.0. The number of hydrogen-bond donors (Lipinski definition) is 0. The van der Waals surface area contributed by atoms with E-state index in [9.17, 15) is 19.2 Å². The maximum Gasteiger partial charge on any atom is 0.198 e. The molecule has 0 rings (SSSR count). The van der Waals surface area contributed by atoms with Crippen molar-refractivity contribution >= 4 is 23.1 Å². The molecule has 0 aliphatic carbocycles. The molecule has 0 heterocycles. The Morgan fingerprint density at radius 3 is 1.04 bits per heavy atom. The van der Waals surface area contributed by atoms with Crippen LogP contribution in [0.2, 0.25) is 0 Å². The zero-order valence-electron chi connectivity index (χ0n) is 16.5. The minimum atomic E-state index is -0.300. The Hall–Kier alpha value is -0.814. The molecule has 25 heavy (non-hydrogen) atoms. The average molecular weight is 399 g/mol. The van der Waals surface area contributed by atoms with Crippen molar-refractivity contribution < 1.29 is 36.0 Å². The van der Waals surface area contributed by atoms with E-state index in [1.165, 1.54) is 52.4 Å². The topological polar surface area (TPSA) is 68.3 Å². The summed E-state index contributed by atoms with van der Waals surface area (Å²) in [5, 5.41) is 0. The van der Waals surface area contributed by atoms with Crippen LogP contribution < -0.4 is 0 Å². The summed E-state index contributed by atoms with van der Waals surface area (Å²) < 4.78 is 0. The third-order valence-electron chi connectivity index (χ3n) is 3.80. The van der Waals surface area contributed by atoms with Crippen LogP contribution in [0.25, 0.3) is 0 Å². The van der Waals surface area contributed by atoms with Crippen molar-refractivity contribution in [2.75, 3.05) is 0 Å². The first-order valence-electron chi connectivity index (χ1n) is 9.44. The van der Waals surface area contributed by atoms with E-state index >= 15 is 0 Å². The molecular weight excluding hydrogens is 363 g/mol. The van der Waals surface area contributed by atoms with Crippen LogP contribution in [0.5, 0.6) is 0 Å². The molecule has 0 aromatic heterocycles. The summed E-state index contributed by atoms with van der Waals surface area (Å²) in [5.74, 6) is -1.03. The van der Waals surface area contributed by atoms with E-state index in [1.54, 1.807) is 0 Å². The molecule has 0 fully saturated rings. The van der Waals surface area contributed by atoms with Gasteiger partial charge in [-0.3, -0.25) is 19.2 Å². The molecule has 0 spiro atoms. The fourth-order valence-corrected chi connectivity index (χ4v) is 2.13. The zero-order valence-corrected chi connectivity index (χ0v) is 17.5. The summed E-state index contributed by atoms with van der Waals surface area (Å²) in [4.78, 5) is 42.7. The number of hydrogen-bond acceptors (Lipinski definition) is 4. The van der Waals surface area contributed by atoms with Crippen LogP contribution in [0.4, 0.5) is 0 Å². The maximum absolute atomic E-state index is 10.8. The molecule has 0 aliphatic rings. The van der Waals surface area contributed by atoms with Crippen LogP contribution in [0.1, 0.15) is 105 Å². The molecule has 1 radical (unpaired) electrons. The molecule has 0 aromatic rings. The van der Waals surface area contributed by atoms with Crippen molar-refractivity contribution in [2.45, 2.75) is 105 Å². The fraction of sp³-hybridized carbons (Fsp3) is 0.800. The summed E-state index contributed by atoms with van der Waals surface area (Å²) >= 11 is 0. The van der Waals surface area contributed by atoms with Crippen molar-refractivity contribution in [3.63, 3.8) is 0 Å². The molecule has 0 atom stereocenters. The summed E-state index contributed by atoms with van der Waals surface area (Å²) in [6, 6.07) is 0. The quantitative estimate of drug-likeness (QED) is 0.304. The predicted molar refractivity (Wildman–Crippen MR) is 98.1 cm³/mol. The number of carbonyl (C=O) groups excluding carboxylic acids is 4. The smallest absolute Gasteiger partial charge is 0.198 e. The van der Waals surface area contributed by atoms with Gasteiger partial charge in [0.05, 0.1) is 0 Å². The van der Waals surface area contributed by atoms with Gasteiger partial charge in [0.25, 0.3) is 0 Å². The van der Waals surface area contributed by atoms with Crippen molar-refractivity contribution in [1.29, 1.82) is 0 Å². The Balaban J connectivity index is -0.000000372. The number of carbonyl (C=O) groups is 4. The van der Waals surface area contributed by atoms with Crippen LogP contribution in [0.3, 0.4) is 0 Å². The molecular formula is C20H36CoO4. The van der Waals surface area contributed by atoms with Gasteiger partial charge in [0.2, 0.25) is 0 Å². The Morgan fingerprint density at radius 1 is 0.520 bits per heavy atom. The second-order valence-electron chi connectivity index (χ2n) is 6.29. The normalized spacial score (nSPS) is 9.44. The first-order chi connectivity index (χ1) is 11.4. The SMILES string of the molecule is CCCCCCCC(=O)C(C)=O.CCCCCCCC(=O)C(C)=O.[Co]. The van der Waals surface area contributed by atoms with Crippen molar-refractivity contribution in [3.8, 4) is 0 Å². The van der Waals surface area contributed by atoms with Gasteiger partial charge in [-0.25, -0.2) is 0 Å². The predicted octanol–water partition coefficient (Wildman–Crippen LogP) is 5.01. The molecule has 0 saturated heterocycles. The van der Waals surface area contributed by atoms with Gasteiger partial charge >= 0.3 is 0 Å². The van der Waals surface area contributed by atoms with E-state index < -0.39 is 0 Å². The van der Waals surface area contributed by atoms with Crippen LogP contribution in [-0.2, 0) is 36.0 Å². The van der Waals surface area contributed by atoms with E-state index in [4.69, 9.17) is 0 Å². The van der Waals surface area contributed by atoms with Crippen LogP contribution in [-0.4, -0.2) is 23.1 Å². The molecule has 149 valence electrons. The fourth-order valence-electron chi connectivity index (χ4n) is 2.13. The molecule has 0 amide bonds. The molecule has 0 N–H and O–H groups in total. The van der Waals surface area contributed by atoms with Crippen molar-refractivity contribution in [3.05, 3.63) is 0 Å². The summed E-state index contributed by atoms with van der Waals surface area (Å²) in [6.45, 7) is 6.99. The van der Waals surface area contributed by atoms with Crippen molar-refractivity contribution in [1.82, 2.24) is 0 Å². The van der Waals surface area contributed by atoms with Gasteiger partial charge in [-0.1, -0.05) is 65.2 Å². The second kappa shape index (κ2) is 21.2. The van der Waals surface area contributed by atoms with Crippen LogP contribution >= 0.6 is 0 Å². The summed E-state index contributed by atoms with van der Waals surface area (Å²) in [5.41, 5.74) is 0. The zero-order chi connectivity index (χ0) is 18.8. The first-order valence-corrected chi connectivity index (χ1v) is 9.44. The molecule has 0 saturated carbocycles. The average Bonchev–Trinajstić information content (AvgIpc) is 2.54. The Kier molecular flexibility index (Phi) is 24.6. The van der Waals surface area contributed by atoms with E-state index in [0.29, 0.717) is 12.8 Å². The van der Waals surface area contributed by atoms with Gasteiger partial charge in [0, 0.05) is 43.5 Å². The molecule has 0 unspecified atom stereocenters. The molecule has 0 aliphatic heterocycles. The molecule has 0 bridgehead atoms. The third kappa shape index (κ3) is 23.2. The van der Waals surface area contributed by atoms with Gasteiger partial charge in [0.1, 0.15) is 0 Å². The number of rotatable bonds is 14. The monoisotopic (exact) mass is 399 g/mol. The van der Waals surface area contributed by atoms with Gasteiger partial charge in [-0.05, 0) is 12.8 Å². The van der Waals surface area contributed by atoms with Crippen LogP contribution in [0, 0.1) is 0 Å².